The number of benzene rings is 1. The van der Waals surface area contributed by atoms with Crippen LogP contribution in [0.4, 0.5) is 0 Å². The Kier molecular flexibility index (Phi) is 4.61. The Morgan fingerprint density at radius 2 is 2.00 bits per heavy atom. The molecule has 6 nitrogen and oxygen atoms in total. The molecule has 2 fully saturated rings. The SMILES string of the molecule is C[C@]1(O)CC2(CCN(Cc3cn[nH]c3-c3ccccc3)CC2)OC[C@@H]1O. The predicted octanol–water partition coefficient (Wildman–Crippen LogP) is 1.94. The number of hydrogen-bond acceptors (Lipinski definition) is 5. The molecule has 0 aliphatic carbocycles. The molecule has 1 aromatic heterocycles. The minimum atomic E-state index is -1.06. The predicted molar refractivity (Wildman–Crippen MR) is 98.5 cm³/mol. The molecule has 2 atom stereocenters. The van der Waals surface area contributed by atoms with Crippen LogP contribution in [0.5, 0.6) is 0 Å². The van der Waals surface area contributed by atoms with Gasteiger partial charge in [-0.2, -0.15) is 5.10 Å². The van der Waals surface area contributed by atoms with Gasteiger partial charge in [0, 0.05) is 31.6 Å². The minimum absolute atomic E-state index is 0.215. The fraction of sp³-hybridized carbons (Fsp3) is 0.550. The second kappa shape index (κ2) is 6.78. The van der Waals surface area contributed by atoms with Gasteiger partial charge in [0.25, 0.3) is 0 Å². The molecule has 2 saturated heterocycles. The summed E-state index contributed by atoms with van der Waals surface area (Å²) >= 11 is 0. The maximum atomic E-state index is 10.4. The first kappa shape index (κ1) is 17.7. The van der Waals surface area contributed by atoms with Gasteiger partial charge in [0.15, 0.2) is 0 Å². The van der Waals surface area contributed by atoms with Crippen molar-refractivity contribution >= 4 is 0 Å². The summed E-state index contributed by atoms with van der Waals surface area (Å²) in [5.41, 5.74) is 2.04. The highest BCUT2D eigenvalue weighted by molar-refractivity contribution is 5.62. The lowest BCUT2D eigenvalue weighted by molar-refractivity contribution is -0.223. The average molecular weight is 357 g/mol. The van der Waals surface area contributed by atoms with E-state index in [4.69, 9.17) is 4.74 Å². The van der Waals surface area contributed by atoms with Crippen molar-refractivity contribution < 1.29 is 14.9 Å². The number of piperidine rings is 1. The van der Waals surface area contributed by atoms with Crippen LogP contribution in [-0.2, 0) is 11.3 Å². The fourth-order valence-corrected chi connectivity index (χ4v) is 4.22. The Morgan fingerprint density at radius 3 is 2.69 bits per heavy atom. The fourth-order valence-electron chi connectivity index (χ4n) is 4.22. The zero-order valence-electron chi connectivity index (χ0n) is 15.2. The zero-order chi connectivity index (χ0) is 18.2. The van der Waals surface area contributed by atoms with Crippen LogP contribution in [0.3, 0.4) is 0 Å². The van der Waals surface area contributed by atoms with Crippen LogP contribution in [0.25, 0.3) is 11.3 Å². The van der Waals surface area contributed by atoms with Crippen LogP contribution < -0.4 is 0 Å². The van der Waals surface area contributed by atoms with Gasteiger partial charge < -0.3 is 14.9 Å². The summed E-state index contributed by atoms with van der Waals surface area (Å²) in [4.78, 5) is 2.41. The van der Waals surface area contributed by atoms with E-state index >= 15 is 0 Å². The quantitative estimate of drug-likeness (QED) is 0.782. The summed E-state index contributed by atoms with van der Waals surface area (Å²) in [6.07, 6.45) is 3.34. The van der Waals surface area contributed by atoms with Crippen LogP contribution in [0.1, 0.15) is 31.7 Å². The van der Waals surface area contributed by atoms with Gasteiger partial charge in [0.1, 0.15) is 6.10 Å². The molecule has 2 aromatic rings. The Hall–Kier alpha value is -1.73. The maximum Gasteiger partial charge on any atom is 0.106 e. The molecule has 0 unspecified atom stereocenters. The van der Waals surface area contributed by atoms with Crippen LogP contribution >= 0.6 is 0 Å². The van der Waals surface area contributed by atoms with E-state index in [1.807, 2.05) is 24.4 Å². The molecule has 3 heterocycles. The Labute approximate surface area is 153 Å². The first-order valence-corrected chi connectivity index (χ1v) is 9.32. The third-order valence-corrected chi connectivity index (χ3v) is 5.89. The smallest absolute Gasteiger partial charge is 0.106 e. The Morgan fingerprint density at radius 1 is 1.27 bits per heavy atom. The van der Waals surface area contributed by atoms with E-state index in [9.17, 15) is 10.2 Å². The molecule has 0 amide bonds. The number of nitrogens with zero attached hydrogens (tertiary/aromatic N) is 2. The number of H-pyrrole nitrogens is 1. The van der Waals surface area contributed by atoms with Gasteiger partial charge in [-0.3, -0.25) is 10.00 Å². The lowest BCUT2D eigenvalue weighted by atomic mass is 9.76. The van der Waals surface area contributed by atoms with Crippen LogP contribution in [-0.4, -0.2) is 62.3 Å². The standard InChI is InChI=1S/C20H27N3O3/c1-19(25)14-20(26-13-17(19)24)7-9-23(10-8-20)12-16-11-21-22-18(16)15-5-3-2-4-6-15/h2-6,11,17,24-25H,7-10,12-14H2,1H3,(H,21,22)/t17-,19-/m0/s1. The van der Waals surface area contributed by atoms with Crippen molar-refractivity contribution in [2.75, 3.05) is 19.7 Å². The molecule has 1 aromatic carbocycles. The van der Waals surface area contributed by atoms with Gasteiger partial charge in [-0.25, -0.2) is 0 Å². The van der Waals surface area contributed by atoms with Gasteiger partial charge in [0.05, 0.1) is 29.7 Å². The molecule has 4 rings (SSSR count). The lowest BCUT2D eigenvalue weighted by Gasteiger charge is -2.49. The normalized spacial score (nSPS) is 29.1. The highest BCUT2D eigenvalue weighted by Gasteiger charge is 2.48. The van der Waals surface area contributed by atoms with Crippen molar-refractivity contribution in [2.45, 2.75) is 50.0 Å². The summed E-state index contributed by atoms with van der Waals surface area (Å²) < 4.78 is 5.98. The highest BCUT2D eigenvalue weighted by atomic mass is 16.5. The van der Waals surface area contributed by atoms with Crippen molar-refractivity contribution in [3.05, 3.63) is 42.1 Å². The molecule has 2 aliphatic heterocycles. The monoisotopic (exact) mass is 357 g/mol. The number of aromatic nitrogens is 2. The van der Waals surface area contributed by atoms with Crippen molar-refractivity contribution in [2.24, 2.45) is 0 Å². The van der Waals surface area contributed by atoms with Gasteiger partial charge in [-0.15, -0.1) is 0 Å². The molecule has 0 radical (unpaired) electrons. The zero-order valence-corrected chi connectivity index (χ0v) is 15.2. The summed E-state index contributed by atoms with van der Waals surface area (Å²) in [5.74, 6) is 0. The van der Waals surface area contributed by atoms with E-state index in [1.54, 1.807) is 6.92 Å². The Bertz CT molecular complexity index is 736. The third kappa shape index (κ3) is 3.42. The van der Waals surface area contributed by atoms with Crippen LogP contribution in [0.15, 0.2) is 36.5 Å². The Balaban J connectivity index is 1.40. The second-order valence-corrected chi connectivity index (χ2v) is 7.96. The van der Waals surface area contributed by atoms with Crippen molar-refractivity contribution in [1.82, 2.24) is 15.1 Å². The van der Waals surface area contributed by atoms with Gasteiger partial charge in [-0.1, -0.05) is 30.3 Å². The van der Waals surface area contributed by atoms with Crippen LogP contribution in [0, 0.1) is 0 Å². The van der Waals surface area contributed by atoms with E-state index in [0.717, 1.165) is 43.7 Å². The third-order valence-electron chi connectivity index (χ3n) is 5.89. The molecular weight excluding hydrogens is 330 g/mol. The number of aromatic amines is 1. The molecule has 0 bridgehead atoms. The average Bonchev–Trinajstić information content (AvgIpc) is 3.09. The topological polar surface area (TPSA) is 81.6 Å². The molecule has 0 saturated carbocycles. The molecule has 2 aliphatic rings. The van der Waals surface area contributed by atoms with Gasteiger partial charge >= 0.3 is 0 Å². The van der Waals surface area contributed by atoms with E-state index in [0.29, 0.717) is 6.42 Å². The largest absolute Gasteiger partial charge is 0.388 e. The molecule has 26 heavy (non-hydrogen) atoms. The van der Waals surface area contributed by atoms with E-state index in [2.05, 4.69) is 27.2 Å². The molecule has 140 valence electrons. The van der Waals surface area contributed by atoms with Gasteiger partial charge in [0.2, 0.25) is 0 Å². The second-order valence-electron chi connectivity index (χ2n) is 7.96. The number of aliphatic hydroxyl groups is 2. The number of aliphatic hydroxyl groups excluding tert-OH is 1. The number of rotatable bonds is 3. The summed E-state index contributed by atoms with van der Waals surface area (Å²) in [6.45, 7) is 4.59. The highest BCUT2D eigenvalue weighted by Crippen LogP contribution is 2.40. The van der Waals surface area contributed by atoms with E-state index in [-0.39, 0.29) is 12.2 Å². The number of nitrogens with one attached hydrogen (secondary N) is 1. The van der Waals surface area contributed by atoms with Crippen molar-refractivity contribution in [3.63, 3.8) is 0 Å². The van der Waals surface area contributed by atoms with E-state index < -0.39 is 11.7 Å². The number of hydrogen-bond donors (Lipinski definition) is 3. The number of likely N-dealkylation sites (tertiary alicyclic amines) is 1. The maximum absolute atomic E-state index is 10.4. The number of ether oxygens (including phenoxy) is 1. The van der Waals surface area contributed by atoms with Crippen molar-refractivity contribution in [1.29, 1.82) is 0 Å². The summed E-state index contributed by atoms with van der Waals surface area (Å²) in [7, 11) is 0. The molecule has 3 N–H and O–H groups in total. The van der Waals surface area contributed by atoms with Crippen molar-refractivity contribution in [3.8, 4) is 11.3 Å². The van der Waals surface area contributed by atoms with Crippen LogP contribution in [0.2, 0.25) is 0 Å². The first-order valence-electron chi connectivity index (χ1n) is 9.32. The van der Waals surface area contributed by atoms with E-state index in [1.165, 1.54) is 5.56 Å². The summed E-state index contributed by atoms with van der Waals surface area (Å²) in [5, 5.41) is 27.7. The molecular formula is C20H27N3O3. The van der Waals surface area contributed by atoms with Gasteiger partial charge in [-0.05, 0) is 25.3 Å². The molecule has 6 heteroatoms. The summed E-state index contributed by atoms with van der Waals surface area (Å²) in [6, 6.07) is 10.3. The lowest BCUT2D eigenvalue weighted by Crippen LogP contribution is -2.59. The first-order chi connectivity index (χ1) is 12.5. The minimum Gasteiger partial charge on any atom is -0.388 e. The molecule has 1 spiro atoms.